The van der Waals surface area contributed by atoms with Gasteiger partial charge in [-0.25, -0.2) is 9.67 Å². The maximum absolute atomic E-state index is 5.83. The smallest absolute Gasteiger partial charge is 0.164 e. The van der Waals surface area contributed by atoms with E-state index >= 15 is 0 Å². The summed E-state index contributed by atoms with van der Waals surface area (Å²) in [4.78, 5) is 4.13. The number of halogens is 1. The Bertz CT molecular complexity index is 492. The monoisotopic (exact) mass is 296 g/mol. The fraction of sp³-hybridized carbons (Fsp3) is 0.273. The van der Waals surface area contributed by atoms with Crippen molar-refractivity contribution in [2.75, 3.05) is 5.73 Å². The maximum Gasteiger partial charge on any atom is 0.164 e. The number of nitrogens with zero attached hydrogens (tertiary/aromatic N) is 3. The van der Waals surface area contributed by atoms with Gasteiger partial charge in [-0.05, 0) is 35.0 Å². The fourth-order valence-electron chi connectivity index (χ4n) is 1.48. The van der Waals surface area contributed by atoms with Crippen LogP contribution in [-0.2, 0) is 13.2 Å². The summed E-state index contributed by atoms with van der Waals surface area (Å²) in [5.74, 6) is 1.42. The van der Waals surface area contributed by atoms with E-state index in [1.165, 1.54) is 6.33 Å². The average Bonchev–Trinajstić information content (AvgIpc) is 2.76. The van der Waals surface area contributed by atoms with E-state index in [4.69, 9.17) is 10.5 Å². The lowest BCUT2D eigenvalue weighted by Crippen LogP contribution is -2.08. The van der Waals surface area contributed by atoms with E-state index in [0.29, 0.717) is 18.0 Å². The largest absolute Gasteiger partial charge is 0.482 e. The molecule has 0 radical (unpaired) electrons. The highest BCUT2D eigenvalue weighted by Gasteiger charge is 2.08. The topological polar surface area (TPSA) is 66.0 Å². The molecular weight excluding hydrogens is 284 g/mol. The van der Waals surface area contributed by atoms with E-state index < -0.39 is 0 Å². The Morgan fingerprint density at radius 3 is 3.00 bits per heavy atom. The highest BCUT2D eigenvalue weighted by atomic mass is 79.9. The van der Waals surface area contributed by atoms with Crippen molar-refractivity contribution in [2.24, 2.45) is 0 Å². The highest BCUT2D eigenvalue weighted by Crippen LogP contribution is 2.31. The summed E-state index contributed by atoms with van der Waals surface area (Å²) in [6, 6.07) is 5.54. The van der Waals surface area contributed by atoms with E-state index in [9.17, 15) is 0 Å². The van der Waals surface area contributed by atoms with E-state index in [0.717, 1.165) is 16.8 Å². The molecule has 1 heterocycles. The lowest BCUT2D eigenvalue weighted by atomic mass is 10.3. The lowest BCUT2D eigenvalue weighted by Gasteiger charge is -2.10. The molecule has 0 spiro atoms. The maximum atomic E-state index is 5.83. The molecule has 0 aliphatic carbocycles. The zero-order valence-electron chi connectivity index (χ0n) is 9.43. The van der Waals surface area contributed by atoms with Crippen LogP contribution in [0.2, 0.25) is 0 Å². The molecule has 0 fully saturated rings. The van der Waals surface area contributed by atoms with Gasteiger partial charge in [-0.2, -0.15) is 5.10 Å². The second-order valence-corrected chi connectivity index (χ2v) is 4.29. The van der Waals surface area contributed by atoms with Crippen LogP contribution in [-0.4, -0.2) is 14.8 Å². The summed E-state index contributed by atoms with van der Waals surface area (Å²) < 4.78 is 8.28. The summed E-state index contributed by atoms with van der Waals surface area (Å²) in [5.41, 5.74) is 6.43. The average molecular weight is 297 g/mol. The molecule has 90 valence electrons. The van der Waals surface area contributed by atoms with Gasteiger partial charge in [0.05, 0.1) is 10.2 Å². The lowest BCUT2D eigenvalue weighted by molar-refractivity contribution is 0.287. The first-order chi connectivity index (χ1) is 8.22. The zero-order chi connectivity index (χ0) is 12.3. The van der Waals surface area contributed by atoms with Crippen LogP contribution in [0.25, 0.3) is 0 Å². The molecule has 0 bridgehead atoms. The van der Waals surface area contributed by atoms with Crippen LogP contribution >= 0.6 is 15.9 Å². The van der Waals surface area contributed by atoms with Gasteiger partial charge in [0, 0.05) is 6.54 Å². The number of nitrogens with two attached hydrogens (primary N) is 1. The van der Waals surface area contributed by atoms with Crippen molar-refractivity contribution < 1.29 is 4.74 Å². The van der Waals surface area contributed by atoms with Crippen molar-refractivity contribution in [2.45, 2.75) is 20.1 Å². The van der Waals surface area contributed by atoms with E-state index in [1.54, 1.807) is 10.7 Å². The van der Waals surface area contributed by atoms with Crippen molar-refractivity contribution in [1.82, 2.24) is 14.8 Å². The Morgan fingerprint density at radius 2 is 2.29 bits per heavy atom. The van der Waals surface area contributed by atoms with E-state index in [-0.39, 0.29) is 0 Å². The van der Waals surface area contributed by atoms with Gasteiger partial charge in [-0.15, -0.1) is 0 Å². The second-order valence-electron chi connectivity index (χ2n) is 3.44. The van der Waals surface area contributed by atoms with Gasteiger partial charge in [-0.3, -0.25) is 0 Å². The van der Waals surface area contributed by atoms with Gasteiger partial charge in [0.1, 0.15) is 12.9 Å². The number of rotatable bonds is 4. The first-order valence-electron chi connectivity index (χ1n) is 5.25. The van der Waals surface area contributed by atoms with Gasteiger partial charge in [0.2, 0.25) is 0 Å². The van der Waals surface area contributed by atoms with Gasteiger partial charge in [-0.1, -0.05) is 6.07 Å². The van der Waals surface area contributed by atoms with Crippen molar-refractivity contribution in [3.8, 4) is 5.75 Å². The molecule has 0 saturated heterocycles. The third-order valence-corrected chi connectivity index (χ3v) is 2.96. The van der Waals surface area contributed by atoms with E-state index in [1.807, 2.05) is 19.1 Å². The summed E-state index contributed by atoms with van der Waals surface area (Å²) in [6.07, 6.45) is 1.52. The normalized spacial score (nSPS) is 10.5. The highest BCUT2D eigenvalue weighted by molar-refractivity contribution is 9.10. The van der Waals surface area contributed by atoms with Crippen molar-refractivity contribution in [3.05, 3.63) is 34.8 Å². The predicted octanol–water partition coefficient (Wildman–Crippen LogP) is 2.22. The van der Waals surface area contributed by atoms with Crippen LogP contribution < -0.4 is 10.5 Å². The van der Waals surface area contributed by atoms with Gasteiger partial charge >= 0.3 is 0 Å². The van der Waals surface area contributed by atoms with Gasteiger partial charge < -0.3 is 10.5 Å². The second kappa shape index (κ2) is 5.18. The Labute approximate surface area is 108 Å². The number of benzene rings is 1. The first-order valence-corrected chi connectivity index (χ1v) is 6.05. The standard InChI is InChI=1S/C11H13BrN4O/c1-2-16-10(14-7-15-16)6-17-11-8(12)4-3-5-9(11)13/h3-5,7H,2,6,13H2,1H3. The van der Waals surface area contributed by atoms with E-state index in [2.05, 4.69) is 26.0 Å². The Kier molecular flexibility index (Phi) is 3.63. The molecule has 5 nitrogen and oxygen atoms in total. The molecule has 0 aliphatic rings. The molecule has 2 aromatic rings. The molecule has 0 amide bonds. The van der Waals surface area contributed by atoms with Gasteiger partial charge in [0.25, 0.3) is 0 Å². The molecule has 17 heavy (non-hydrogen) atoms. The van der Waals surface area contributed by atoms with Crippen LogP contribution in [0.3, 0.4) is 0 Å². The minimum absolute atomic E-state index is 0.348. The molecule has 1 aromatic carbocycles. The number of aryl methyl sites for hydroxylation is 1. The van der Waals surface area contributed by atoms with Crippen LogP contribution in [0, 0.1) is 0 Å². The molecule has 6 heteroatoms. The Balaban J connectivity index is 2.13. The van der Waals surface area contributed by atoms with Crippen molar-refractivity contribution >= 4 is 21.6 Å². The minimum atomic E-state index is 0.348. The fourth-order valence-corrected chi connectivity index (χ4v) is 1.97. The number of para-hydroxylation sites is 1. The molecule has 2 rings (SSSR count). The minimum Gasteiger partial charge on any atom is -0.482 e. The summed E-state index contributed by atoms with van der Waals surface area (Å²) in [7, 11) is 0. The number of anilines is 1. The summed E-state index contributed by atoms with van der Waals surface area (Å²) in [5, 5.41) is 4.07. The number of nitrogen functional groups attached to an aromatic ring is 1. The number of ether oxygens (including phenoxy) is 1. The quantitative estimate of drug-likeness (QED) is 0.879. The third-order valence-electron chi connectivity index (χ3n) is 2.34. The van der Waals surface area contributed by atoms with Crippen molar-refractivity contribution in [1.29, 1.82) is 0 Å². The van der Waals surface area contributed by atoms with Crippen LogP contribution in [0.15, 0.2) is 29.0 Å². The zero-order valence-corrected chi connectivity index (χ0v) is 11.0. The molecule has 0 saturated carbocycles. The third kappa shape index (κ3) is 2.58. The summed E-state index contributed by atoms with van der Waals surface area (Å²) in [6.45, 7) is 3.12. The molecule has 0 unspecified atom stereocenters. The Morgan fingerprint density at radius 1 is 1.47 bits per heavy atom. The van der Waals surface area contributed by atoms with Crippen LogP contribution in [0.1, 0.15) is 12.7 Å². The molecular formula is C11H13BrN4O. The molecule has 1 aromatic heterocycles. The van der Waals surface area contributed by atoms with Crippen LogP contribution in [0.4, 0.5) is 5.69 Å². The summed E-state index contributed by atoms with van der Waals surface area (Å²) >= 11 is 3.40. The van der Waals surface area contributed by atoms with Gasteiger partial charge in [0.15, 0.2) is 11.6 Å². The van der Waals surface area contributed by atoms with Crippen molar-refractivity contribution in [3.63, 3.8) is 0 Å². The predicted molar refractivity (Wildman–Crippen MR) is 68.6 cm³/mol. The molecule has 2 N–H and O–H groups in total. The first kappa shape index (κ1) is 11.9. The molecule has 0 atom stereocenters. The molecule has 0 aliphatic heterocycles. The number of hydrogen-bond donors (Lipinski definition) is 1. The Hall–Kier alpha value is -1.56. The van der Waals surface area contributed by atoms with Crippen LogP contribution in [0.5, 0.6) is 5.75 Å². The number of aromatic nitrogens is 3. The number of hydrogen-bond acceptors (Lipinski definition) is 4. The SMILES string of the molecule is CCn1ncnc1COc1c(N)cccc1Br.